The van der Waals surface area contributed by atoms with E-state index in [4.69, 9.17) is 5.73 Å². The Morgan fingerprint density at radius 3 is 2.35 bits per heavy atom. The van der Waals surface area contributed by atoms with Gasteiger partial charge < -0.3 is 16.0 Å². The molecule has 0 aromatic heterocycles. The van der Waals surface area contributed by atoms with Crippen LogP contribution in [0.2, 0.25) is 0 Å². The van der Waals surface area contributed by atoms with Crippen molar-refractivity contribution in [3.63, 3.8) is 0 Å². The fourth-order valence-corrected chi connectivity index (χ4v) is 3.42. The van der Waals surface area contributed by atoms with Crippen molar-refractivity contribution in [2.24, 2.45) is 5.73 Å². The van der Waals surface area contributed by atoms with Gasteiger partial charge in [0.05, 0.1) is 6.04 Å². The van der Waals surface area contributed by atoms with Crippen molar-refractivity contribution in [1.82, 2.24) is 15.1 Å². The monoisotopic (exact) mass is 282 g/mol. The highest BCUT2D eigenvalue weighted by Crippen LogP contribution is 2.30. The number of nitrogens with one attached hydrogen (secondary N) is 1. The quantitative estimate of drug-likeness (QED) is 0.783. The summed E-state index contributed by atoms with van der Waals surface area (Å²) in [6, 6.07) is -0.417. The van der Waals surface area contributed by atoms with Gasteiger partial charge in [0.2, 0.25) is 5.91 Å². The van der Waals surface area contributed by atoms with Gasteiger partial charge in [-0.1, -0.05) is 6.42 Å². The lowest BCUT2D eigenvalue weighted by Gasteiger charge is -2.50. The fourth-order valence-electron chi connectivity index (χ4n) is 3.42. The third kappa shape index (κ3) is 3.71. The first kappa shape index (κ1) is 15.7. The van der Waals surface area contributed by atoms with Crippen LogP contribution in [0.1, 0.15) is 39.0 Å². The molecule has 0 aliphatic carbocycles. The van der Waals surface area contributed by atoms with E-state index >= 15 is 0 Å². The topological polar surface area (TPSA) is 61.6 Å². The van der Waals surface area contributed by atoms with Gasteiger partial charge in [-0.3, -0.25) is 9.69 Å². The SMILES string of the molecule is C[C@@H](N)C(=O)NCC1(N2CCCCC2)CCN(C)CC1. The van der Waals surface area contributed by atoms with Gasteiger partial charge in [-0.15, -0.1) is 0 Å². The number of rotatable bonds is 4. The number of piperidine rings is 2. The second-order valence-electron chi connectivity index (χ2n) is 6.58. The van der Waals surface area contributed by atoms with E-state index in [2.05, 4.69) is 22.2 Å². The summed E-state index contributed by atoms with van der Waals surface area (Å²) < 4.78 is 0. The molecule has 3 N–H and O–H groups in total. The zero-order chi connectivity index (χ0) is 14.6. The summed E-state index contributed by atoms with van der Waals surface area (Å²) in [5, 5.41) is 3.08. The molecule has 5 nitrogen and oxygen atoms in total. The highest BCUT2D eigenvalue weighted by molar-refractivity contribution is 5.81. The van der Waals surface area contributed by atoms with Gasteiger partial charge in [-0.25, -0.2) is 0 Å². The highest BCUT2D eigenvalue weighted by Gasteiger charge is 2.39. The number of hydrogen-bond donors (Lipinski definition) is 2. The van der Waals surface area contributed by atoms with Gasteiger partial charge >= 0.3 is 0 Å². The Labute approximate surface area is 122 Å². The smallest absolute Gasteiger partial charge is 0.236 e. The van der Waals surface area contributed by atoms with E-state index < -0.39 is 6.04 Å². The van der Waals surface area contributed by atoms with Crippen LogP contribution in [0.5, 0.6) is 0 Å². The molecule has 2 saturated heterocycles. The third-order valence-electron chi connectivity index (χ3n) is 4.95. The van der Waals surface area contributed by atoms with E-state index in [1.165, 1.54) is 32.4 Å². The maximum atomic E-state index is 11.8. The molecule has 2 fully saturated rings. The number of nitrogens with two attached hydrogens (primary N) is 1. The normalized spacial score (nSPS) is 26.1. The highest BCUT2D eigenvalue weighted by atomic mass is 16.2. The molecule has 0 radical (unpaired) electrons. The zero-order valence-electron chi connectivity index (χ0n) is 13.0. The van der Waals surface area contributed by atoms with E-state index in [-0.39, 0.29) is 11.4 Å². The molecule has 0 spiro atoms. The van der Waals surface area contributed by atoms with Crippen molar-refractivity contribution in [2.45, 2.75) is 50.6 Å². The zero-order valence-corrected chi connectivity index (χ0v) is 13.0. The first-order valence-electron chi connectivity index (χ1n) is 8.00. The molecule has 1 atom stereocenters. The van der Waals surface area contributed by atoms with Crippen LogP contribution in [0, 0.1) is 0 Å². The first-order valence-corrected chi connectivity index (χ1v) is 8.00. The number of carbonyl (C=O) groups excluding carboxylic acids is 1. The molecule has 0 aromatic rings. The first-order chi connectivity index (χ1) is 9.53. The predicted molar refractivity (Wildman–Crippen MR) is 81.5 cm³/mol. The van der Waals surface area contributed by atoms with E-state index in [1.807, 2.05) is 0 Å². The number of nitrogens with zero attached hydrogens (tertiary/aromatic N) is 2. The van der Waals surface area contributed by atoms with E-state index in [0.29, 0.717) is 0 Å². The number of hydrogen-bond acceptors (Lipinski definition) is 4. The molecule has 116 valence electrons. The summed E-state index contributed by atoms with van der Waals surface area (Å²) in [7, 11) is 2.18. The molecule has 0 saturated carbocycles. The van der Waals surface area contributed by atoms with Crippen LogP contribution < -0.4 is 11.1 Å². The number of carbonyl (C=O) groups is 1. The van der Waals surface area contributed by atoms with Crippen LogP contribution in [-0.2, 0) is 4.79 Å². The average molecular weight is 282 g/mol. The molecule has 5 heteroatoms. The Hall–Kier alpha value is -0.650. The molecule has 2 heterocycles. The van der Waals surface area contributed by atoms with Crippen LogP contribution in [-0.4, -0.2) is 67.1 Å². The molecule has 2 rings (SSSR count). The van der Waals surface area contributed by atoms with Crippen LogP contribution >= 0.6 is 0 Å². The molecule has 0 unspecified atom stereocenters. The maximum Gasteiger partial charge on any atom is 0.236 e. The van der Waals surface area contributed by atoms with Crippen molar-refractivity contribution in [3.05, 3.63) is 0 Å². The van der Waals surface area contributed by atoms with Gasteiger partial charge in [-0.05, 0) is 65.8 Å². The standard InChI is InChI=1S/C15H30N4O/c1-13(16)14(20)17-12-15(6-10-18(2)11-7-15)19-8-4-3-5-9-19/h13H,3-12,16H2,1-2H3,(H,17,20)/t13-/m1/s1. The Bertz CT molecular complexity index is 318. The van der Waals surface area contributed by atoms with E-state index in [1.54, 1.807) is 6.92 Å². The van der Waals surface area contributed by atoms with Crippen molar-refractivity contribution in [1.29, 1.82) is 0 Å². The lowest BCUT2D eigenvalue weighted by Crippen LogP contribution is -2.62. The maximum absolute atomic E-state index is 11.8. The fraction of sp³-hybridized carbons (Fsp3) is 0.933. The van der Waals surface area contributed by atoms with Crippen molar-refractivity contribution in [2.75, 3.05) is 39.8 Å². The summed E-state index contributed by atoms with van der Waals surface area (Å²) in [6.07, 6.45) is 6.21. The second kappa shape index (κ2) is 6.87. The third-order valence-corrected chi connectivity index (χ3v) is 4.95. The molecule has 2 aliphatic rings. The van der Waals surface area contributed by atoms with Crippen molar-refractivity contribution < 1.29 is 4.79 Å². The minimum Gasteiger partial charge on any atom is -0.353 e. The second-order valence-corrected chi connectivity index (χ2v) is 6.58. The van der Waals surface area contributed by atoms with Gasteiger partial charge in [-0.2, -0.15) is 0 Å². The summed E-state index contributed by atoms with van der Waals surface area (Å²) in [6.45, 7) is 7.09. The van der Waals surface area contributed by atoms with Gasteiger partial charge in [0.1, 0.15) is 0 Å². The molecule has 0 aromatic carbocycles. The molecule has 1 amide bonds. The van der Waals surface area contributed by atoms with Crippen molar-refractivity contribution in [3.8, 4) is 0 Å². The summed E-state index contributed by atoms with van der Waals surface area (Å²) in [5.74, 6) is -0.0275. The van der Waals surface area contributed by atoms with Crippen molar-refractivity contribution >= 4 is 5.91 Å². The largest absolute Gasteiger partial charge is 0.353 e. The minimum atomic E-state index is -0.417. The Morgan fingerprint density at radius 1 is 1.20 bits per heavy atom. The van der Waals surface area contributed by atoms with E-state index in [9.17, 15) is 4.79 Å². The van der Waals surface area contributed by atoms with Gasteiger partial charge in [0.25, 0.3) is 0 Å². The molecular formula is C15H30N4O. The molecule has 2 aliphatic heterocycles. The van der Waals surface area contributed by atoms with Crippen LogP contribution in [0.3, 0.4) is 0 Å². The Kier molecular flexibility index (Phi) is 5.41. The lowest BCUT2D eigenvalue weighted by atomic mass is 9.84. The van der Waals surface area contributed by atoms with Gasteiger partial charge in [0.15, 0.2) is 0 Å². The van der Waals surface area contributed by atoms with Gasteiger partial charge in [0, 0.05) is 12.1 Å². The Morgan fingerprint density at radius 2 is 1.80 bits per heavy atom. The molecule has 0 bridgehead atoms. The Balaban J connectivity index is 2.01. The minimum absolute atomic E-state index is 0.0275. The predicted octanol–water partition coefficient (Wildman–Crippen LogP) is 0.400. The van der Waals surface area contributed by atoms with E-state index in [0.717, 1.165) is 32.5 Å². The van der Waals surface area contributed by atoms with Crippen LogP contribution in [0.15, 0.2) is 0 Å². The molecule has 20 heavy (non-hydrogen) atoms. The average Bonchev–Trinajstić information content (AvgIpc) is 2.47. The lowest BCUT2D eigenvalue weighted by molar-refractivity contribution is -0.123. The van der Waals surface area contributed by atoms with Crippen LogP contribution in [0.4, 0.5) is 0 Å². The summed E-state index contributed by atoms with van der Waals surface area (Å²) >= 11 is 0. The summed E-state index contributed by atoms with van der Waals surface area (Å²) in [4.78, 5) is 16.8. The number of likely N-dealkylation sites (tertiary alicyclic amines) is 2. The number of amides is 1. The molecular weight excluding hydrogens is 252 g/mol. The van der Waals surface area contributed by atoms with Crippen LogP contribution in [0.25, 0.3) is 0 Å². The summed E-state index contributed by atoms with van der Waals surface area (Å²) in [5.41, 5.74) is 5.81.